The van der Waals surface area contributed by atoms with E-state index < -0.39 is 11.9 Å². The number of rotatable bonds is 4. The Morgan fingerprint density at radius 3 is 2.96 bits per heavy atom. The summed E-state index contributed by atoms with van der Waals surface area (Å²) >= 11 is 0. The molecule has 0 bridgehead atoms. The Morgan fingerprint density at radius 2 is 2.27 bits per heavy atom. The highest BCUT2D eigenvalue weighted by molar-refractivity contribution is 6.35. The molecule has 3 rings (SSSR count). The number of ether oxygens (including phenoxy) is 1. The fourth-order valence-electron chi connectivity index (χ4n) is 2.71. The van der Waals surface area contributed by atoms with Gasteiger partial charge in [0.1, 0.15) is 11.6 Å². The number of aromatic nitrogens is 1. The molecule has 0 spiro atoms. The van der Waals surface area contributed by atoms with Crippen LogP contribution in [0.4, 0.5) is 10.1 Å². The van der Waals surface area contributed by atoms with E-state index in [1.807, 2.05) is 0 Å². The molecular weight excluding hydrogens is 337 g/mol. The van der Waals surface area contributed by atoms with Crippen LogP contribution in [0, 0.1) is 17.7 Å². The van der Waals surface area contributed by atoms with Crippen LogP contribution in [0.5, 0.6) is 5.75 Å². The molecular formula is C19H18FN3O3. The monoisotopic (exact) mass is 355 g/mol. The lowest BCUT2D eigenvalue weighted by atomic mass is 9.99. The van der Waals surface area contributed by atoms with Crippen molar-refractivity contribution in [2.24, 2.45) is 0 Å². The van der Waals surface area contributed by atoms with Crippen LogP contribution in [0.1, 0.15) is 16.8 Å². The molecule has 1 aromatic carbocycles. The van der Waals surface area contributed by atoms with Crippen LogP contribution in [0.15, 0.2) is 24.4 Å². The molecule has 134 valence electrons. The van der Waals surface area contributed by atoms with Crippen molar-refractivity contribution in [2.75, 3.05) is 26.1 Å². The summed E-state index contributed by atoms with van der Waals surface area (Å²) < 4.78 is 19.2. The summed E-state index contributed by atoms with van der Waals surface area (Å²) in [5.41, 5.74) is 2.23. The number of halogens is 1. The number of likely N-dealkylation sites (N-methyl/N-ethyl adjacent to an activating group) is 1. The first kappa shape index (κ1) is 17.7. The number of carbonyl (C=O) groups excluding carboxylic acids is 1. The Bertz CT molecular complexity index is 933. The zero-order valence-electron chi connectivity index (χ0n) is 14.3. The van der Waals surface area contributed by atoms with Gasteiger partial charge in [-0.05, 0) is 31.3 Å². The zero-order chi connectivity index (χ0) is 18.7. The lowest BCUT2D eigenvalue weighted by Crippen LogP contribution is -2.26. The molecule has 6 nitrogen and oxygen atoms in total. The summed E-state index contributed by atoms with van der Waals surface area (Å²) in [6, 6.07) is 3.82. The number of fused-ring (bicyclic) bond motifs is 1. The smallest absolute Gasteiger partial charge is 0.256 e. The number of aromatic amines is 1. The predicted octanol–water partition coefficient (Wildman–Crippen LogP) is 1.59. The number of H-pyrrole nitrogens is 1. The molecule has 1 atom stereocenters. The molecule has 7 heteroatoms. The second-order valence-corrected chi connectivity index (χ2v) is 5.64. The maximum atomic E-state index is 13.9. The molecule has 1 amide bonds. The Hall–Kier alpha value is -3.08. The molecule has 1 aliphatic heterocycles. The molecule has 0 fully saturated rings. The number of aliphatic hydroxyl groups excluding tert-OH is 1. The van der Waals surface area contributed by atoms with Crippen molar-refractivity contribution in [3.8, 4) is 17.6 Å². The van der Waals surface area contributed by atoms with Gasteiger partial charge in [-0.3, -0.25) is 4.79 Å². The first-order valence-electron chi connectivity index (χ1n) is 7.95. The van der Waals surface area contributed by atoms with Gasteiger partial charge >= 0.3 is 0 Å². The van der Waals surface area contributed by atoms with Crippen LogP contribution in [0.2, 0.25) is 0 Å². The van der Waals surface area contributed by atoms with E-state index in [-0.39, 0.29) is 12.5 Å². The van der Waals surface area contributed by atoms with E-state index >= 15 is 0 Å². The average molecular weight is 355 g/mol. The second kappa shape index (κ2) is 7.44. The van der Waals surface area contributed by atoms with Gasteiger partial charge in [-0.2, -0.15) is 0 Å². The Kier molecular flexibility index (Phi) is 5.07. The predicted molar refractivity (Wildman–Crippen MR) is 97.1 cm³/mol. The largest absolute Gasteiger partial charge is 0.495 e. The van der Waals surface area contributed by atoms with E-state index in [2.05, 4.69) is 27.5 Å². The van der Waals surface area contributed by atoms with Gasteiger partial charge < -0.3 is 25.5 Å². The fraction of sp³-hybridized carbons (Fsp3) is 0.211. The Balaban J connectivity index is 2.13. The highest BCUT2D eigenvalue weighted by Gasteiger charge is 2.28. The number of anilines is 1. The molecule has 1 aromatic heterocycles. The molecule has 4 N–H and O–H groups in total. The van der Waals surface area contributed by atoms with Crippen LogP contribution in [-0.4, -0.2) is 42.8 Å². The fourth-order valence-corrected chi connectivity index (χ4v) is 2.71. The van der Waals surface area contributed by atoms with Gasteiger partial charge in [-0.1, -0.05) is 11.8 Å². The summed E-state index contributed by atoms with van der Waals surface area (Å²) in [5, 5.41) is 14.7. The van der Waals surface area contributed by atoms with Crippen molar-refractivity contribution in [3.05, 3.63) is 47.0 Å². The lowest BCUT2D eigenvalue weighted by molar-refractivity contribution is -0.110. The van der Waals surface area contributed by atoms with Crippen molar-refractivity contribution in [1.82, 2.24) is 10.3 Å². The van der Waals surface area contributed by atoms with E-state index in [9.17, 15) is 14.3 Å². The molecule has 1 aliphatic rings. The molecule has 26 heavy (non-hydrogen) atoms. The number of methoxy groups -OCH3 is 1. The van der Waals surface area contributed by atoms with Crippen LogP contribution in [-0.2, 0) is 4.79 Å². The SMILES string of the molecule is CNC(C#Cc1cc(F)cc2c1C(=Cc1[nH]ccc1OC)C(=O)N2)CO. The molecule has 0 saturated carbocycles. The second-order valence-electron chi connectivity index (χ2n) is 5.64. The molecule has 0 radical (unpaired) electrons. The minimum atomic E-state index is -0.503. The number of amides is 1. The molecule has 2 heterocycles. The third-order valence-electron chi connectivity index (χ3n) is 4.02. The minimum absolute atomic E-state index is 0.180. The van der Waals surface area contributed by atoms with Gasteiger partial charge in [0, 0.05) is 17.3 Å². The lowest BCUT2D eigenvalue weighted by Gasteiger charge is -2.06. The highest BCUT2D eigenvalue weighted by atomic mass is 19.1. The molecule has 1 unspecified atom stereocenters. The minimum Gasteiger partial charge on any atom is -0.495 e. The third kappa shape index (κ3) is 3.33. The summed E-state index contributed by atoms with van der Waals surface area (Å²) in [6.45, 7) is -0.180. The summed E-state index contributed by atoms with van der Waals surface area (Å²) in [4.78, 5) is 15.4. The van der Waals surface area contributed by atoms with Crippen molar-refractivity contribution in [2.45, 2.75) is 6.04 Å². The zero-order valence-corrected chi connectivity index (χ0v) is 14.3. The number of benzene rings is 1. The van der Waals surface area contributed by atoms with Crippen LogP contribution in [0.3, 0.4) is 0 Å². The number of aliphatic hydroxyl groups is 1. The number of hydrogen-bond acceptors (Lipinski definition) is 4. The van der Waals surface area contributed by atoms with E-state index in [4.69, 9.17) is 4.74 Å². The van der Waals surface area contributed by atoms with E-state index in [0.29, 0.717) is 33.8 Å². The maximum absolute atomic E-state index is 13.9. The Labute approximate surface area is 150 Å². The number of carbonyl (C=O) groups is 1. The van der Waals surface area contributed by atoms with Gasteiger partial charge in [-0.25, -0.2) is 4.39 Å². The highest BCUT2D eigenvalue weighted by Crippen LogP contribution is 2.37. The van der Waals surface area contributed by atoms with E-state index in [1.165, 1.54) is 19.2 Å². The van der Waals surface area contributed by atoms with Crippen LogP contribution >= 0.6 is 0 Å². The van der Waals surface area contributed by atoms with Gasteiger partial charge in [0.15, 0.2) is 0 Å². The molecule has 0 saturated heterocycles. The standard InChI is InChI=1S/C19H18FN3O3/c1-21-13(10-24)4-3-11-7-12(20)8-16-18(11)14(19(25)23-16)9-15-17(26-2)5-6-22-15/h5-9,13,21-22,24H,10H2,1-2H3,(H,23,25). The van der Waals surface area contributed by atoms with Gasteiger partial charge in [0.2, 0.25) is 0 Å². The first-order chi connectivity index (χ1) is 12.6. The van der Waals surface area contributed by atoms with E-state index in [1.54, 1.807) is 25.4 Å². The first-order valence-corrected chi connectivity index (χ1v) is 7.95. The van der Waals surface area contributed by atoms with Crippen LogP contribution < -0.4 is 15.4 Å². The van der Waals surface area contributed by atoms with Crippen molar-refractivity contribution < 1.29 is 19.0 Å². The quantitative estimate of drug-likeness (QED) is 0.496. The van der Waals surface area contributed by atoms with Crippen LogP contribution in [0.25, 0.3) is 11.6 Å². The van der Waals surface area contributed by atoms with Crippen molar-refractivity contribution in [3.63, 3.8) is 0 Å². The van der Waals surface area contributed by atoms with Gasteiger partial charge in [0.05, 0.1) is 36.7 Å². The maximum Gasteiger partial charge on any atom is 0.256 e. The van der Waals surface area contributed by atoms with Gasteiger partial charge in [-0.15, -0.1) is 0 Å². The number of hydrogen-bond donors (Lipinski definition) is 4. The average Bonchev–Trinajstić information content (AvgIpc) is 3.20. The van der Waals surface area contributed by atoms with Crippen molar-refractivity contribution in [1.29, 1.82) is 0 Å². The topological polar surface area (TPSA) is 86.4 Å². The normalized spacial score (nSPS) is 15.2. The molecule has 2 aromatic rings. The van der Waals surface area contributed by atoms with E-state index in [0.717, 1.165) is 0 Å². The Morgan fingerprint density at radius 1 is 1.46 bits per heavy atom. The summed E-state index contributed by atoms with van der Waals surface area (Å²) in [6.07, 6.45) is 3.34. The van der Waals surface area contributed by atoms with Crippen molar-refractivity contribution >= 4 is 23.2 Å². The van der Waals surface area contributed by atoms with Gasteiger partial charge in [0.25, 0.3) is 5.91 Å². The summed E-state index contributed by atoms with van der Waals surface area (Å²) in [7, 11) is 3.20. The molecule has 0 aliphatic carbocycles. The number of nitrogens with one attached hydrogen (secondary N) is 3. The summed E-state index contributed by atoms with van der Waals surface area (Å²) in [5.74, 6) is 5.43. The third-order valence-corrected chi connectivity index (χ3v) is 4.02.